The van der Waals surface area contributed by atoms with E-state index in [1.54, 1.807) is 0 Å². The van der Waals surface area contributed by atoms with Gasteiger partial charge in [-0.3, -0.25) is 9.59 Å². The van der Waals surface area contributed by atoms with Crippen molar-refractivity contribution in [3.05, 3.63) is 40.1 Å². The van der Waals surface area contributed by atoms with Gasteiger partial charge in [-0.15, -0.1) is 0 Å². The highest BCUT2D eigenvalue weighted by atomic mass is 16.6. The number of hydrogen-bond donors (Lipinski definition) is 2. The van der Waals surface area contributed by atoms with Gasteiger partial charge in [0.25, 0.3) is 0 Å². The first-order valence-electron chi connectivity index (χ1n) is 15.2. The number of benzene rings is 1. The van der Waals surface area contributed by atoms with E-state index in [-0.39, 0.29) is 30.4 Å². The second-order valence-electron chi connectivity index (χ2n) is 13.0. The minimum absolute atomic E-state index is 0.0658. The molecule has 10 nitrogen and oxygen atoms in total. The van der Waals surface area contributed by atoms with Crippen molar-refractivity contribution in [2.45, 2.75) is 103 Å². The monoisotopic (exact) mass is 581 g/mol. The van der Waals surface area contributed by atoms with Crippen LogP contribution in [0.25, 0.3) is 10.9 Å². The first-order valence-corrected chi connectivity index (χ1v) is 15.2. The number of carbonyl (C=O) groups excluding carboxylic acids is 3. The highest BCUT2D eigenvalue weighted by Crippen LogP contribution is 2.34. The molecule has 0 radical (unpaired) electrons. The molecule has 228 valence electrons. The van der Waals surface area contributed by atoms with Crippen LogP contribution in [-0.2, 0) is 25.5 Å². The lowest BCUT2D eigenvalue weighted by Crippen LogP contribution is -2.57. The molecule has 1 aliphatic carbocycles. The quantitative estimate of drug-likeness (QED) is 0.476. The van der Waals surface area contributed by atoms with Crippen molar-refractivity contribution in [2.75, 3.05) is 13.7 Å². The van der Waals surface area contributed by atoms with Crippen molar-refractivity contribution in [2.24, 2.45) is 11.3 Å². The Morgan fingerprint density at radius 3 is 2.52 bits per heavy atom. The van der Waals surface area contributed by atoms with Crippen LogP contribution in [0.5, 0.6) is 5.88 Å². The number of aromatic amines is 1. The number of amides is 2. The van der Waals surface area contributed by atoms with Crippen molar-refractivity contribution in [3.63, 3.8) is 0 Å². The second kappa shape index (κ2) is 12.4. The van der Waals surface area contributed by atoms with Crippen molar-refractivity contribution in [1.82, 2.24) is 15.2 Å². The van der Waals surface area contributed by atoms with E-state index < -0.39 is 41.6 Å². The SMILES string of the molecule is COC(=O)[C@@H]1C[C@@H]2CN1C(=O)[C@H](C(C)(C)C)NC(=O)O[C@@H]1CCC[C@H]1CCCCCc1c([nH]c3ccccc3c1=O)O2. The van der Waals surface area contributed by atoms with Crippen LogP contribution in [-0.4, -0.2) is 65.8 Å². The van der Waals surface area contributed by atoms with Gasteiger partial charge >= 0.3 is 12.1 Å². The molecular formula is C32H43N3O7. The van der Waals surface area contributed by atoms with E-state index in [2.05, 4.69) is 10.3 Å². The molecule has 1 saturated heterocycles. The summed E-state index contributed by atoms with van der Waals surface area (Å²) in [6.45, 7) is 5.69. The average Bonchev–Trinajstić information content (AvgIpc) is 3.58. The molecule has 3 aliphatic rings. The number of fused-ring (bicyclic) bond motifs is 5. The van der Waals surface area contributed by atoms with Crippen LogP contribution in [0.2, 0.25) is 0 Å². The standard InChI is InChI=1S/C32H43N3O7/c1-32(2,3)27-29(37)35-18-20(17-24(35)30(38)40-4)41-28-22(26(36)21-13-8-9-15-23(21)33-28)14-7-5-6-11-19-12-10-16-25(19)42-31(39)34-27/h8-9,13,15,19-20,24-25,27H,5-7,10-12,14,16-18H2,1-4H3,(H,33,36)(H,34,39)/t19-,20-,24+,25-,27-/m1/s1. The summed E-state index contributed by atoms with van der Waals surface area (Å²) in [6, 6.07) is 5.51. The molecule has 0 unspecified atom stereocenters. The molecule has 10 heteroatoms. The summed E-state index contributed by atoms with van der Waals surface area (Å²) in [6.07, 6.45) is 5.81. The smallest absolute Gasteiger partial charge is 0.408 e. The number of methoxy groups -OCH3 is 1. The Kier molecular flexibility index (Phi) is 8.80. The van der Waals surface area contributed by atoms with E-state index in [1.165, 1.54) is 12.0 Å². The predicted octanol–water partition coefficient (Wildman–Crippen LogP) is 4.48. The Morgan fingerprint density at radius 1 is 1.00 bits per heavy atom. The first-order chi connectivity index (χ1) is 20.1. The van der Waals surface area contributed by atoms with Crippen LogP contribution < -0.4 is 15.5 Å². The van der Waals surface area contributed by atoms with E-state index >= 15 is 0 Å². The molecule has 1 saturated carbocycles. The molecule has 42 heavy (non-hydrogen) atoms. The van der Waals surface area contributed by atoms with Crippen molar-refractivity contribution >= 4 is 28.9 Å². The Morgan fingerprint density at radius 2 is 1.76 bits per heavy atom. The maximum atomic E-state index is 14.1. The largest absolute Gasteiger partial charge is 0.473 e. The van der Waals surface area contributed by atoms with Gasteiger partial charge in [-0.1, -0.05) is 45.7 Å². The lowest BCUT2D eigenvalue weighted by Gasteiger charge is -2.35. The van der Waals surface area contributed by atoms with Gasteiger partial charge in [0.15, 0.2) is 11.3 Å². The molecule has 3 heterocycles. The third-order valence-electron chi connectivity index (χ3n) is 9.00. The van der Waals surface area contributed by atoms with E-state index in [0.29, 0.717) is 28.8 Å². The third kappa shape index (κ3) is 6.27. The van der Waals surface area contributed by atoms with E-state index in [1.807, 2.05) is 45.0 Å². The molecule has 2 fully saturated rings. The summed E-state index contributed by atoms with van der Waals surface area (Å²) in [5, 5.41) is 3.44. The molecule has 1 aromatic heterocycles. The molecule has 5 atom stereocenters. The van der Waals surface area contributed by atoms with Crippen LogP contribution in [0.3, 0.4) is 0 Å². The molecule has 1 aromatic carbocycles. The van der Waals surface area contributed by atoms with Gasteiger partial charge in [-0.25, -0.2) is 9.59 Å². The van der Waals surface area contributed by atoms with Gasteiger partial charge in [0.2, 0.25) is 5.91 Å². The van der Waals surface area contributed by atoms with Crippen molar-refractivity contribution in [3.8, 4) is 5.88 Å². The van der Waals surface area contributed by atoms with E-state index in [4.69, 9.17) is 14.2 Å². The minimum atomic E-state index is -0.939. The number of carbonyl (C=O) groups is 3. The van der Waals surface area contributed by atoms with Gasteiger partial charge in [-0.05, 0) is 62.0 Å². The lowest BCUT2D eigenvalue weighted by molar-refractivity contribution is -0.152. The molecule has 2 amide bonds. The number of alkyl carbamates (subject to hydrolysis) is 1. The molecule has 2 N–H and O–H groups in total. The fourth-order valence-corrected chi connectivity index (χ4v) is 6.71. The zero-order valence-corrected chi connectivity index (χ0v) is 25.1. The second-order valence-corrected chi connectivity index (χ2v) is 13.0. The van der Waals surface area contributed by atoms with Crippen molar-refractivity contribution in [1.29, 1.82) is 0 Å². The van der Waals surface area contributed by atoms with Crippen LogP contribution in [0.4, 0.5) is 4.79 Å². The summed E-state index contributed by atoms with van der Waals surface area (Å²) >= 11 is 0. The highest BCUT2D eigenvalue weighted by Gasteiger charge is 2.47. The van der Waals surface area contributed by atoms with Crippen LogP contribution in [0.15, 0.2) is 29.1 Å². The maximum Gasteiger partial charge on any atom is 0.408 e. The molecule has 0 spiro atoms. The van der Waals surface area contributed by atoms with Crippen LogP contribution >= 0.6 is 0 Å². The number of aromatic nitrogens is 1. The molecular weight excluding hydrogens is 538 g/mol. The minimum Gasteiger partial charge on any atom is -0.473 e. The molecule has 2 bridgehead atoms. The Bertz CT molecular complexity index is 1380. The summed E-state index contributed by atoms with van der Waals surface area (Å²) in [4.78, 5) is 58.4. The summed E-state index contributed by atoms with van der Waals surface area (Å²) in [5.41, 5.74) is 0.518. The lowest BCUT2D eigenvalue weighted by atomic mass is 9.85. The van der Waals surface area contributed by atoms with Gasteiger partial charge in [-0.2, -0.15) is 0 Å². The van der Waals surface area contributed by atoms with Gasteiger partial charge in [0.1, 0.15) is 24.3 Å². The number of para-hydroxylation sites is 1. The van der Waals surface area contributed by atoms with Crippen LogP contribution in [0, 0.1) is 11.3 Å². The fraction of sp³-hybridized carbons (Fsp3) is 0.625. The van der Waals surface area contributed by atoms with Gasteiger partial charge in [0.05, 0.1) is 24.7 Å². The third-order valence-corrected chi connectivity index (χ3v) is 9.00. The van der Waals surface area contributed by atoms with E-state index in [0.717, 1.165) is 44.9 Å². The summed E-state index contributed by atoms with van der Waals surface area (Å²) in [5.74, 6) is -0.314. The summed E-state index contributed by atoms with van der Waals surface area (Å²) < 4.78 is 17.4. The zero-order chi connectivity index (χ0) is 30.0. The number of ether oxygens (including phenoxy) is 3. The van der Waals surface area contributed by atoms with Crippen LogP contribution in [0.1, 0.15) is 77.7 Å². The Balaban J connectivity index is 1.52. The zero-order valence-electron chi connectivity index (χ0n) is 25.1. The maximum absolute atomic E-state index is 14.1. The van der Waals surface area contributed by atoms with Gasteiger partial charge < -0.3 is 29.4 Å². The predicted molar refractivity (Wildman–Crippen MR) is 157 cm³/mol. The molecule has 2 aromatic rings. The molecule has 5 rings (SSSR count). The fourth-order valence-electron chi connectivity index (χ4n) is 6.71. The van der Waals surface area contributed by atoms with Crippen molar-refractivity contribution < 1.29 is 28.6 Å². The number of hydrogen-bond acceptors (Lipinski definition) is 7. The summed E-state index contributed by atoms with van der Waals surface area (Å²) in [7, 11) is 1.29. The number of pyridine rings is 1. The number of esters is 1. The average molecular weight is 582 g/mol. The number of H-pyrrole nitrogens is 1. The van der Waals surface area contributed by atoms with E-state index in [9.17, 15) is 19.2 Å². The normalized spacial score (nSPS) is 27.6. The number of nitrogens with one attached hydrogen (secondary N) is 2. The Hall–Kier alpha value is -3.56. The number of rotatable bonds is 1. The van der Waals surface area contributed by atoms with Gasteiger partial charge in [0, 0.05) is 11.8 Å². The Labute approximate surface area is 246 Å². The highest BCUT2D eigenvalue weighted by molar-refractivity contribution is 5.91. The first kappa shape index (κ1) is 29.9. The topological polar surface area (TPSA) is 127 Å². The number of nitrogens with zero attached hydrogens (tertiary/aromatic N) is 1. The molecule has 2 aliphatic heterocycles.